The van der Waals surface area contributed by atoms with Gasteiger partial charge in [0.2, 0.25) is 0 Å². The van der Waals surface area contributed by atoms with Crippen LogP contribution in [-0.2, 0) is 6.42 Å². The first-order valence-corrected chi connectivity index (χ1v) is 3.97. The van der Waals surface area contributed by atoms with E-state index in [0.717, 1.165) is 17.6 Å². The van der Waals surface area contributed by atoms with Gasteiger partial charge in [0.15, 0.2) is 0 Å². The fourth-order valence-corrected chi connectivity index (χ4v) is 1.34. The summed E-state index contributed by atoms with van der Waals surface area (Å²) in [5, 5.41) is 13.5. The molecule has 0 aliphatic carbocycles. The van der Waals surface area contributed by atoms with Gasteiger partial charge in [0, 0.05) is 24.0 Å². The molecule has 0 bridgehead atoms. The van der Waals surface area contributed by atoms with E-state index in [9.17, 15) is 5.11 Å². The lowest BCUT2D eigenvalue weighted by molar-refractivity contribution is 0.473. The molecule has 0 amide bonds. The predicted molar refractivity (Wildman–Crippen MR) is 46.2 cm³/mol. The fraction of sp³-hybridized carbons (Fsp3) is 0.222. The van der Waals surface area contributed by atoms with Crippen molar-refractivity contribution < 1.29 is 5.11 Å². The molecule has 0 aliphatic heterocycles. The van der Waals surface area contributed by atoms with Crippen LogP contribution in [0.15, 0.2) is 24.4 Å². The molecular formula is C9H10N2O. The highest BCUT2D eigenvalue weighted by atomic mass is 16.3. The Bertz CT molecular complexity index is 406. The maximum atomic E-state index is 9.32. The van der Waals surface area contributed by atoms with Crippen molar-refractivity contribution in [1.29, 1.82) is 0 Å². The lowest BCUT2D eigenvalue weighted by atomic mass is 10.2. The predicted octanol–water partition coefficient (Wildman–Crippen LogP) is 1.60. The molecule has 0 saturated carbocycles. The van der Waals surface area contributed by atoms with Crippen LogP contribution < -0.4 is 0 Å². The summed E-state index contributed by atoms with van der Waals surface area (Å²) in [5.41, 5.74) is 1.96. The summed E-state index contributed by atoms with van der Waals surface area (Å²) in [5.74, 6) is 0.305. The highest BCUT2D eigenvalue weighted by molar-refractivity contribution is 5.51. The van der Waals surface area contributed by atoms with Crippen LogP contribution in [-0.4, -0.2) is 14.7 Å². The minimum Gasteiger partial charge on any atom is -0.508 e. The lowest BCUT2D eigenvalue weighted by Gasteiger charge is -2.02. The third kappa shape index (κ3) is 0.942. The summed E-state index contributed by atoms with van der Waals surface area (Å²) < 4.78 is 1.83. The normalized spacial score (nSPS) is 10.8. The van der Waals surface area contributed by atoms with Gasteiger partial charge in [-0.3, -0.25) is 0 Å². The molecular weight excluding hydrogens is 152 g/mol. The van der Waals surface area contributed by atoms with Crippen molar-refractivity contribution in [2.24, 2.45) is 0 Å². The van der Waals surface area contributed by atoms with Gasteiger partial charge in [0.1, 0.15) is 5.75 Å². The number of aromatic nitrogens is 2. The average Bonchev–Trinajstić information content (AvgIpc) is 2.50. The van der Waals surface area contributed by atoms with Crippen molar-refractivity contribution in [2.75, 3.05) is 0 Å². The summed E-state index contributed by atoms with van der Waals surface area (Å²) in [6, 6.07) is 5.31. The van der Waals surface area contributed by atoms with Gasteiger partial charge in [0.05, 0.1) is 5.52 Å². The minimum absolute atomic E-state index is 0.305. The smallest absolute Gasteiger partial charge is 0.119 e. The quantitative estimate of drug-likeness (QED) is 0.691. The first-order valence-electron chi connectivity index (χ1n) is 3.97. The maximum Gasteiger partial charge on any atom is 0.119 e. The summed E-state index contributed by atoms with van der Waals surface area (Å²) in [6.07, 6.45) is 2.60. The molecule has 0 fully saturated rings. The zero-order valence-electron chi connectivity index (χ0n) is 6.86. The van der Waals surface area contributed by atoms with Crippen molar-refractivity contribution >= 4 is 5.52 Å². The maximum absolute atomic E-state index is 9.32. The lowest BCUT2D eigenvalue weighted by Crippen LogP contribution is -1.95. The molecule has 1 N–H and O–H groups in total. The van der Waals surface area contributed by atoms with Crippen LogP contribution in [0.1, 0.15) is 12.6 Å². The number of rotatable bonds is 1. The van der Waals surface area contributed by atoms with Gasteiger partial charge in [-0.2, -0.15) is 5.10 Å². The van der Waals surface area contributed by atoms with Crippen LogP contribution in [0.4, 0.5) is 0 Å². The Morgan fingerprint density at radius 1 is 1.50 bits per heavy atom. The molecule has 0 aliphatic rings. The molecule has 3 nitrogen and oxygen atoms in total. The second-order valence-corrected chi connectivity index (χ2v) is 2.73. The Hall–Kier alpha value is -1.51. The summed E-state index contributed by atoms with van der Waals surface area (Å²) in [4.78, 5) is 0. The molecule has 0 saturated heterocycles. The standard InChI is InChI=1S/C9H10N2O/c1-2-7-5-9(12)6-8-3-4-10-11(7)8/h3-6,12H,2H2,1H3. The minimum atomic E-state index is 0.305. The van der Waals surface area contributed by atoms with E-state index in [-0.39, 0.29) is 0 Å². The van der Waals surface area contributed by atoms with Gasteiger partial charge in [-0.1, -0.05) is 6.92 Å². The molecule has 3 heteroatoms. The summed E-state index contributed by atoms with van der Waals surface area (Å²) >= 11 is 0. The number of nitrogens with zero attached hydrogens (tertiary/aromatic N) is 2. The van der Waals surface area contributed by atoms with Crippen molar-refractivity contribution in [3.05, 3.63) is 30.1 Å². The van der Waals surface area contributed by atoms with E-state index in [1.807, 2.05) is 17.5 Å². The molecule has 0 radical (unpaired) electrons. The number of aryl methyl sites for hydroxylation is 1. The van der Waals surface area contributed by atoms with Crippen molar-refractivity contribution in [2.45, 2.75) is 13.3 Å². The van der Waals surface area contributed by atoms with E-state index in [2.05, 4.69) is 5.10 Å². The number of aromatic hydroxyl groups is 1. The van der Waals surface area contributed by atoms with Crippen molar-refractivity contribution in [1.82, 2.24) is 9.61 Å². The van der Waals surface area contributed by atoms with Crippen LogP contribution in [0.2, 0.25) is 0 Å². The molecule has 62 valence electrons. The number of hydrogen-bond acceptors (Lipinski definition) is 2. The van der Waals surface area contributed by atoms with Gasteiger partial charge in [-0.15, -0.1) is 0 Å². The second-order valence-electron chi connectivity index (χ2n) is 2.73. The van der Waals surface area contributed by atoms with E-state index in [1.54, 1.807) is 18.3 Å². The Balaban J connectivity index is 2.80. The number of fused-ring (bicyclic) bond motifs is 1. The van der Waals surface area contributed by atoms with E-state index in [1.165, 1.54) is 0 Å². The Morgan fingerprint density at radius 3 is 3.08 bits per heavy atom. The van der Waals surface area contributed by atoms with Crippen LogP contribution in [0, 0.1) is 0 Å². The zero-order chi connectivity index (χ0) is 8.55. The van der Waals surface area contributed by atoms with Gasteiger partial charge in [-0.05, 0) is 12.5 Å². The zero-order valence-corrected chi connectivity index (χ0v) is 6.86. The summed E-state index contributed by atoms with van der Waals surface area (Å²) in [6.45, 7) is 2.04. The van der Waals surface area contributed by atoms with E-state index < -0.39 is 0 Å². The first-order chi connectivity index (χ1) is 5.81. The first kappa shape index (κ1) is 7.16. The van der Waals surface area contributed by atoms with Crippen molar-refractivity contribution in [3.8, 4) is 5.75 Å². The molecule has 12 heavy (non-hydrogen) atoms. The molecule has 0 atom stereocenters. The van der Waals surface area contributed by atoms with Gasteiger partial charge >= 0.3 is 0 Å². The molecule has 2 rings (SSSR count). The Morgan fingerprint density at radius 2 is 2.33 bits per heavy atom. The van der Waals surface area contributed by atoms with Gasteiger partial charge in [0.25, 0.3) is 0 Å². The van der Waals surface area contributed by atoms with E-state index >= 15 is 0 Å². The largest absolute Gasteiger partial charge is 0.508 e. The van der Waals surface area contributed by atoms with Crippen LogP contribution in [0.25, 0.3) is 5.52 Å². The Kier molecular flexibility index (Phi) is 1.50. The van der Waals surface area contributed by atoms with Gasteiger partial charge in [-0.25, -0.2) is 4.52 Å². The van der Waals surface area contributed by atoms with E-state index in [4.69, 9.17) is 0 Å². The molecule has 2 aromatic heterocycles. The van der Waals surface area contributed by atoms with E-state index in [0.29, 0.717) is 5.75 Å². The van der Waals surface area contributed by atoms with Crippen molar-refractivity contribution in [3.63, 3.8) is 0 Å². The topological polar surface area (TPSA) is 37.5 Å². The van der Waals surface area contributed by atoms with Gasteiger partial charge < -0.3 is 5.11 Å². The highest BCUT2D eigenvalue weighted by Gasteiger charge is 2.00. The molecule has 0 unspecified atom stereocenters. The average molecular weight is 162 g/mol. The number of pyridine rings is 1. The Labute approximate surface area is 70.3 Å². The second kappa shape index (κ2) is 2.52. The number of hydrogen-bond donors (Lipinski definition) is 1. The monoisotopic (exact) mass is 162 g/mol. The molecule has 2 heterocycles. The third-order valence-corrected chi connectivity index (χ3v) is 1.92. The van der Waals surface area contributed by atoms with Crippen LogP contribution in [0.3, 0.4) is 0 Å². The molecule has 2 aromatic rings. The molecule has 0 aromatic carbocycles. The van der Waals surface area contributed by atoms with Crippen LogP contribution >= 0.6 is 0 Å². The fourth-order valence-electron chi connectivity index (χ4n) is 1.34. The highest BCUT2D eigenvalue weighted by Crippen LogP contribution is 2.16. The third-order valence-electron chi connectivity index (χ3n) is 1.92. The SMILES string of the molecule is CCc1cc(O)cc2ccnn12. The van der Waals surface area contributed by atoms with Crippen LogP contribution in [0.5, 0.6) is 5.75 Å². The summed E-state index contributed by atoms with van der Waals surface area (Å²) in [7, 11) is 0. The molecule has 0 spiro atoms.